The summed E-state index contributed by atoms with van der Waals surface area (Å²) in [5, 5.41) is 17.6. The van der Waals surface area contributed by atoms with E-state index in [0.29, 0.717) is 0 Å². The van der Waals surface area contributed by atoms with Gasteiger partial charge in [-0.25, -0.2) is 4.79 Å². The summed E-state index contributed by atoms with van der Waals surface area (Å²) in [5.74, 6) is -1.02. The minimum absolute atomic E-state index is 0.114. The van der Waals surface area contributed by atoms with Crippen LogP contribution >= 0.6 is 23.1 Å². The second-order valence-electron chi connectivity index (χ2n) is 3.24. The molecular weight excluding hydrogens is 258 g/mol. The van der Waals surface area contributed by atoms with E-state index in [1.807, 2.05) is 6.92 Å². The molecule has 0 aliphatic rings. The van der Waals surface area contributed by atoms with Crippen LogP contribution in [-0.4, -0.2) is 21.3 Å². The highest BCUT2D eigenvalue weighted by molar-refractivity contribution is 8.01. The Hall–Kier alpha value is -1.60. The summed E-state index contributed by atoms with van der Waals surface area (Å²) in [5.41, 5.74) is 6.02. The molecule has 2 rings (SSSR count). The first-order chi connectivity index (χ1) is 8.06. The zero-order valence-corrected chi connectivity index (χ0v) is 10.5. The fourth-order valence-corrected chi connectivity index (χ4v) is 3.06. The van der Waals surface area contributed by atoms with Gasteiger partial charge in [0.2, 0.25) is 0 Å². The maximum atomic E-state index is 10.8. The molecule has 0 bridgehead atoms. The normalized spacial score (nSPS) is 10.4. The average Bonchev–Trinajstić information content (AvgIpc) is 2.63. The Morgan fingerprint density at radius 3 is 2.76 bits per heavy atom. The van der Waals surface area contributed by atoms with Crippen LogP contribution in [-0.2, 0) is 0 Å². The fraction of sp³-hybridized carbons (Fsp3) is 0.100. The standard InChI is InChI=1S/C10H9N3O2S2/c1-5-12-13-10(16-5)17-6-2-3-7(9(14)15)8(11)4-6/h2-4H,11H2,1H3,(H,14,15). The maximum Gasteiger partial charge on any atom is 0.337 e. The molecule has 0 spiro atoms. The molecule has 88 valence electrons. The number of carboxylic acids is 1. The van der Waals surface area contributed by atoms with Gasteiger partial charge in [0.25, 0.3) is 0 Å². The number of nitrogens with zero attached hydrogens (tertiary/aromatic N) is 2. The van der Waals surface area contributed by atoms with E-state index in [9.17, 15) is 4.79 Å². The Kier molecular flexibility index (Phi) is 3.30. The van der Waals surface area contributed by atoms with Gasteiger partial charge in [-0.15, -0.1) is 10.2 Å². The topological polar surface area (TPSA) is 89.1 Å². The molecule has 0 atom stereocenters. The van der Waals surface area contributed by atoms with Crippen molar-refractivity contribution in [2.45, 2.75) is 16.2 Å². The molecule has 0 amide bonds. The summed E-state index contributed by atoms with van der Waals surface area (Å²) in [6.45, 7) is 1.88. The molecule has 0 aliphatic carbocycles. The first-order valence-electron chi connectivity index (χ1n) is 4.67. The summed E-state index contributed by atoms with van der Waals surface area (Å²) < 4.78 is 0.810. The van der Waals surface area contributed by atoms with Crippen LogP contribution in [0.25, 0.3) is 0 Å². The van der Waals surface area contributed by atoms with Gasteiger partial charge in [-0.1, -0.05) is 23.1 Å². The quantitative estimate of drug-likeness (QED) is 0.829. The summed E-state index contributed by atoms with van der Waals surface area (Å²) in [4.78, 5) is 11.6. The van der Waals surface area contributed by atoms with Crippen molar-refractivity contribution in [3.05, 3.63) is 28.8 Å². The van der Waals surface area contributed by atoms with Crippen molar-refractivity contribution in [3.8, 4) is 0 Å². The van der Waals surface area contributed by atoms with E-state index in [1.54, 1.807) is 12.1 Å². The third kappa shape index (κ3) is 2.75. The molecule has 0 saturated carbocycles. The lowest BCUT2D eigenvalue weighted by atomic mass is 10.2. The first kappa shape index (κ1) is 11.9. The molecule has 0 aliphatic heterocycles. The van der Waals surface area contributed by atoms with Crippen LogP contribution in [0.3, 0.4) is 0 Å². The number of hydrogen-bond acceptors (Lipinski definition) is 6. The van der Waals surface area contributed by atoms with Crippen molar-refractivity contribution in [1.82, 2.24) is 10.2 Å². The molecule has 17 heavy (non-hydrogen) atoms. The predicted octanol–water partition coefficient (Wildman–Crippen LogP) is 2.28. The number of carboxylic acid groups (broad SMARTS) is 1. The molecule has 1 aromatic heterocycles. The largest absolute Gasteiger partial charge is 0.478 e. The van der Waals surface area contributed by atoms with Gasteiger partial charge in [-0.05, 0) is 25.1 Å². The van der Waals surface area contributed by atoms with Crippen molar-refractivity contribution in [2.75, 3.05) is 5.73 Å². The van der Waals surface area contributed by atoms with E-state index in [-0.39, 0.29) is 11.3 Å². The van der Waals surface area contributed by atoms with Gasteiger partial charge in [-0.2, -0.15) is 0 Å². The molecule has 0 radical (unpaired) electrons. The van der Waals surface area contributed by atoms with Crippen LogP contribution < -0.4 is 5.73 Å². The monoisotopic (exact) mass is 267 g/mol. The Morgan fingerprint density at radius 1 is 1.47 bits per heavy atom. The number of hydrogen-bond donors (Lipinski definition) is 2. The lowest BCUT2D eigenvalue weighted by molar-refractivity contribution is 0.0698. The zero-order valence-electron chi connectivity index (χ0n) is 8.88. The second kappa shape index (κ2) is 4.72. The number of aryl methyl sites for hydroxylation is 1. The number of nitrogen functional groups attached to an aromatic ring is 1. The summed E-state index contributed by atoms with van der Waals surface area (Å²) >= 11 is 2.90. The van der Waals surface area contributed by atoms with Gasteiger partial charge in [0.15, 0.2) is 4.34 Å². The van der Waals surface area contributed by atoms with Crippen molar-refractivity contribution in [1.29, 1.82) is 0 Å². The SMILES string of the molecule is Cc1nnc(Sc2ccc(C(=O)O)c(N)c2)s1. The zero-order chi connectivity index (χ0) is 12.4. The van der Waals surface area contributed by atoms with Crippen molar-refractivity contribution in [3.63, 3.8) is 0 Å². The van der Waals surface area contributed by atoms with E-state index < -0.39 is 5.97 Å². The van der Waals surface area contributed by atoms with E-state index >= 15 is 0 Å². The van der Waals surface area contributed by atoms with Crippen LogP contribution in [0, 0.1) is 6.92 Å². The Bertz CT molecular complexity index is 568. The van der Waals surface area contributed by atoms with Gasteiger partial charge < -0.3 is 10.8 Å². The Morgan fingerprint density at radius 2 is 2.24 bits per heavy atom. The number of rotatable bonds is 3. The number of nitrogens with two attached hydrogens (primary N) is 1. The smallest absolute Gasteiger partial charge is 0.337 e. The van der Waals surface area contributed by atoms with Crippen LogP contribution in [0.1, 0.15) is 15.4 Å². The Labute approximate surface area is 106 Å². The second-order valence-corrected chi connectivity index (χ2v) is 5.75. The highest BCUT2D eigenvalue weighted by atomic mass is 32.2. The van der Waals surface area contributed by atoms with Crippen LogP contribution in [0.4, 0.5) is 5.69 Å². The summed E-state index contributed by atoms with van der Waals surface area (Å²) in [7, 11) is 0. The number of anilines is 1. The van der Waals surface area contributed by atoms with Crippen LogP contribution in [0.15, 0.2) is 27.4 Å². The molecule has 0 fully saturated rings. The van der Waals surface area contributed by atoms with Crippen molar-refractivity contribution >= 4 is 34.8 Å². The molecule has 5 nitrogen and oxygen atoms in total. The van der Waals surface area contributed by atoms with Gasteiger partial charge >= 0.3 is 5.97 Å². The molecule has 1 heterocycles. The first-order valence-corrected chi connectivity index (χ1v) is 6.30. The molecule has 2 aromatic rings. The van der Waals surface area contributed by atoms with Gasteiger partial charge in [0.05, 0.1) is 5.56 Å². The minimum atomic E-state index is -1.02. The molecule has 0 unspecified atom stereocenters. The number of aromatic carboxylic acids is 1. The third-order valence-corrected chi connectivity index (χ3v) is 3.85. The maximum absolute atomic E-state index is 10.8. The highest BCUT2D eigenvalue weighted by Gasteiger charge is 2.09. The Balaban J connectivity index is 2.23. The van der Waals surface area contributed by atoms with E-state index in [2.05, 4.69) is 10.2 Å². The van der Waals surface area contributed by atoms with Crippen LogP contribution in [0.5, 0.6) is 0 Å². The molecule has 3 N–H and O–H groups in total. The number of carbonyl (C=O) groups is 1. The predicted molar refractivity (Wildman–Crippen MR) is 66.6 cm³/mol. The molecular formula is C10H9N3O2S2. The van der Waals surface area contributed by atoms with Crippen LogP contribution in [0.2, 0.25) is 0 Å². The van der Waals surface area contributed by atoms with E-state index in [1.165, 1.54) is 29.2 Å². The third-order valence-electron chi connectivity index (χ3n) is 1.97. The van der Waals surface area contributed by atoms with Crippen molar-refractivity contribution < 1.29 is 9.90 Å². The average molecular weight is 267 g/mol. The molecule has 1 aromatic carbocycles. The van der Waals surface area contributed by atoms with Gasteiger partial charge in [-0.3, -0.25) is 0 Å². The highest BCUT2D eigenvalue weighted by Crippen LogP contribution is 2.31. The number of benzene rings is 1. The summed E-state index contributed by atoms with van der Waals surface area (Å²) in [6, 6.07) is 4.83. The minimum Gasteiger partial charge on any atom is -0.478 e. The van der Waals surface area contributed by atoms with E-state index in [4.69, 9.17) is 10.8 Å². The van der Waals surface area contributed by atoms with Gasteiger partial charge in [0.1, 0.15) is 5.01 Å². The molecule has 7 heteroatoms. The molecule has 0 saturated heterocycles. The van der Waals surface area contributed by atoms with E-state index in [0.717, 1.165) is 14.2 Å². The number of aromatic nitrogens is 2. The summed E-state index contributed by atoms with van der Waals surface area (Å²) in [6.07, 6.45) is 0. The fourth-order valence-electron chi connectivity index (χ4n) is 1.22. The lowest BCUT2D eigenvalue weighted by Gasteiger charge is -2.02. The van der Waals surface area contributed by atoms with Crippen molar-refractivity contribution in [2.24, 2.45) is 0 Å². The van der Waals surface area contributed by atoms with Gasteiger partial charge in [0, 0.05) is 10.6 Å². The lowest BCUT2D eigenvalue weighted by Crippen LogP contribution is -2.01.